The van der Waals surface area contributed by atoms with Gasteiger partial charge in [-0.25, -0.2) is 12.7 Å². The zero-order valence-electron chi connectivity index (χ0n) is 22.0. The number of rotatable bonds is 11. The van der Waals surface area contributed by atoms with Gasteiger partial charge in [-0.3, -0.25) is 0 Å². The van der Waals surface area contributed by atoms with E-state index in [0.29, 0.717) is 17.4 Å². The summed E-state index contributed by atoms with van der Waals surface area (Å²) in [6.45, 7) is 3.91. The second-order valence-electron chi connectivity index (χ2n) is 11.1. The number of nitrogens with zero attached hydrogens (tertiary/aromatic N) is 2. The van der Waals surface area contributed by atoms with Crippen LogP contribution in [0.4, 0.5) is 0 Å². The Bertz CT molecular complexity index is 1230. The molecule has 0 aromatic heterocycles. The summed E-state index contributed by atoms with van der Waals surface area (Å²) in [4.78, 5) is 3.00. The Morgan fingerprint density at radius 2 is 1.46 bits per heavy atom. The molecule has 2 fully saturated rings. The number of hydrogen-bond donors (Lipinski definition) is 0. The summed E-state index contributed by atoms with van der Waals surface area (Å²) in [5.74, 6) is 1.32. The van der Waals surface area contributed by atoms with Gasteiger partial charge in [-0.15, -0.1) is 0 Å². The van der Waals surface area contributed by atoms with Crippen molar-refractivity contribution in [1.29, 1.82) is 0 Å². The molecule has 2 unspecified atom stereocenters. The standard InChI is InChI=1S/C32H40N2O2S/c1-33(37(35,36)31-18-9-4-10-19-31)26-32(29-16-7-3-8-17-29)24-30(32)25-34-22-20-28(21-23-34)15-11-14-27-12-5-2-6-13-27/h2-10,12-13,16-19,28,30H,11,14-15,20-26H2,1H3. The molecule has 3 aromatic carbocycles. The molecule has 0 amide bonds. The van der Waals surface area contributed by atoms with E-state index in [0.717, 1.165) is 32.0 Å². The van der Waals surface area contributed by atoms with Crippen molar-refractivity contribution in [3.05, 3.63) is 102 Å². The molecule has 5 heteroatoms. The SMILES string of the molecule is CN(CC1(c2ccccc2)CC1CN1CCC(CCCc2ccccc2)CC1)S(=O)(=O)c1ccccc1. The molecule has 196 valence electrons. The molecule has 1 saturated heterocycles. The van der Waals surface area contributed by atoms with Gasteiger partial charge < -0.3 is 4.90 Å². The van der Waals surface area contributed by atoms with Gasteiger partial charge in [-0.2, -0.15) is 0 Å². The Morgan fingerprint density at radius 3 is 2.11 bits per heavy atom. The summed E-state index contributed by atoms with van der Waals surface area (Å²) in [6.07, 6.45) is 7.38. The van der Waals surface area contributed by atoms with E-state index in [1.54, 1.807) is 35.6 Å². The summed E-state index contributed by atoms with van der Waals surface area (Å²) in [6, 6.07) is 30.2. The number of benzene rings is 3. The zero-order valence-corrected chi connectivity index (χ0v) is 22.8. The first-order chi connectivity index (χ1) is 18.0. The number of aryl methyl sites for hydroxylation is 1. The Hall–Kier alpha value is -2.47. The summed E-state index contributed by atoms with van der Waals surface area (Å²) in [5.41, 5.74) is 2.61. The van der Waals surface area contributed by atoms with Gasteiger partial charge in [0.05, 0.1) is 4.90 Å². The average Bonchev–Trinajstić information content (AvgIpc) is 3.63. The Labute approximate surface area is 223 Å². The van der Waals surface area contributed by atoms with Crippen LogP contribution < -0.4 is 0 Å². The van der Waals surface area contributed by atoms with Gasteiger partial charge in [0, 0.05) is 25.6 Å². The third kappa shape index (κ3) is 6.17. The van der Waals surface area contributed by atoms with E-state index in [-0.39, 0.29) is 5.41 Å². The maximum absolute atomic E-state index is 13.3. The number of piperidine rings is 1. The summed E-state index contributed by atoms with van der Waals surface area (Å²) in [7, 11) is -1.77. The van der Waals surface area contributed by atoms with Gasteiger partial charge in [0.1, 0.15) is 0 Å². The monoisotopic (exact) mass is 516 g/mol. The molecule has 37 heavy (non-hydrogen) atoms. The first-order valence-electron chi connectivity index (χ1n) is 13.8. The lowest BCUT2D eigenvalue weighted by atomic mass is 9.90. The molecule has 0 N–H and O–H groups in total. The number of hydrogen-bond acceptors (Lipinski definition) is 3. The summed E-state index contributed by atoms with van der Waals surface area (Å²) < 4.78 is 28.2. The van der Waals surface area contributed by atoms with E-state index >= 15 is 0 Å². The van der Waals surface area contributed by atoms with Gasteiger partial charge in [-0.05, 0) is 80.3 Å². The minimum Gasteiger partial charge on any atom is -0.303 e. The van der Waals surface area contributed by atoms with Crippen molar-refractivity contribution in [3.8, 4) is 0 Å². The van der Waals surface area contributed by atoms with Crippen LogP contribution in [-0.2, 0) is 21.9 Å². The van der Waals surface area contributed by atoms with Crippen LogP contribution in [0.3, 0.4) is 0 Å². The van der Waals surface area contributed by atoms with Crippen molar-refractivity contribution in [1.82, 2.24) is 9.21 Å². The van der Waals surface area contributed by atoms with Gasteiger partial charge in [0.15, 0.2) is 0 Å². The molecular weight excluding hydrogens is 476 g/mol. The maximum atomic E-state index is 13.3. The lowest BCUT2D eigenvalue weighted by Crippen LogP contribution is -2.39. The Kier molecular flexibility index (Phi) is 8.13. The lowest BCUT2D eigenvalue weighted by Gasteiger charge is -2.33. The van der Waals surface area contributed by atoms with Crippen LogP contribution in [0, 0.1) is 11.8 Å². The van der Waals surface area contributed by atoms with Gasteiger partial charge >= 0.3 is 0 Å². The molecule has 0 spiro atoms. The molecule has 3 aromatic rings. The third-order valence-corrected chi connectivity index (χ3v) is 10.5. The van der Waals surface area contributed by atoms with Gasteiger partial charge in [-0.1, -0.05) is 85.3 Å². The highest BCUT2D eigenvalue weighted by molar-refractivity contribution is 7.89. The molecule has 1 aliphatic carbocycles. The van der Waals surface area contributed by atoms with E-state index < -0.39 is 10.0 Å². The highest BCUT2D eigenvalue weighted by Crippen LogP contribution is 2.55. The van der Waals surface area contributed by atoms with E-state index in [1.165, 1.54) is 43.2 Å². The first-order valence-corrected chi connectivity index (χ1v) is 15.2. The Balaban J connectivity index is 1.17. The lowest BCUT2D eigenvalue weighted by molar-refractivity contribution is 0.167. The van der Waals surface area contributed by atoms with Crippen LogP contribution >= 0.6 is 0 Å². The van der Waals surface area contributed by atoms with Crippen molar-refractivity contribution in [3.63, 3.8) is 0 Å². The van der Waals surface area contributed by atoms with Crippen LogP contribution in [0.1, 0.15) is 43.2 Å². The molecule has 1 saturated carbocycles. The van der Waals surface area contributed by atoms with E-state index in [4.69, 9.17) is 0 Å². The van der Waals surface area contributed by atoms with Crippen molar-refractivity contribution in [2.24, 2.45) is 11.8 Å². The highest BCUT2D eigenvalue weighted by Gasteiger charge is 2.56. The smallest absolute Gasteiger partial charge is 0.242 e. The van der Waals surface area contributed by atoms with Crippen molar-refractivity contribution < 1.29 is 8.42 Å². The van der Waals surface area contributed by atoms with Crippen LogP contribution in [0.15, 0.2) is 95.9 Å². The van der Waals surface area contributed by atoms with Gasteiger partial charge in [0.2, 0.25) is 10.0 Å². The van der Waals surface area contributed by atoms with Crippen LogP contribution in [0.2, 0.25) is 0 Å². The van der Waals surface area contributed by atoms with E-state index in [9.17, 15) is 8.42 Å². The minimum absolute atomic E-state index is 0.107. The molecule has 1 heterocycles. The summed E-state index contributed by atoms with van der Waals surface area (Å²) in [5, 5.41) is 0. The molecule has 0 bridgehead atoms. The normalized spacial score (nSPS) is 22.8. The van der Waals surface area contributed by atoms with Crippen LogP contribution in [-0.4, -0.2) is 50.8 Å². The largest absolute Gasteiger partial charge is 0.303 e. The second-order valence-corrected chi connectivity index (χ2v) is 13.2. The summed E-state index contributed by atoms with van der Waals surface area (Å²) >= 11 is 0. The Morgan fingerprint density at radius 1 is 0.865 bits per heavy atom. The zero-order chi connectivity index (χ0) is 25.7. The minimum atomic E-state index is -3.51. The molecule has 2 aliphatic rings. The predicted octanol–water partition coefficient (Wildman–Crippen LogP) is 6.00. The van der Waals surface area contributed by atoms with Crippen LogP contribution in [0.5, 0.6) is 0 Å². The van der Waals surface area contributed by atoms with E-state index in [1.807, 2.05) is 12.1 Å². The number of sulfonamides is 1. The topological polar surface area (TPSA) is 40.6 Å². The molecular formula is C32H40N2O2S. The van der Waals surface area contributed by atoms with E-state index in [2.05, 4.69) is 59.5 Å². The number of likely N-dealkylation sites (tertiary alicyclic amines) is 1. The fraction of sp³-hybridized carbons (Fsp3) is 0.438. The predicted molar refractivity (Wildman–Crippen MR) is 151 cm³/mol. The van der Waals surface area contributed by atoms with Crippen molar-refractivity contribution in [2.75, 3.05) is 33.2 Å². The molecule has 0 radical (unpaired) electrons. The van der Waals surface area contributed by atoms with Crippen molar-refractivity contribution >= 4 is 10.0 Å². The third-order valence-electron chi connectivity index (χ3n) is 8.64. The molecule has 5 rings (SSSR count). The maximum Gasteiger partial charge on any atom is 0.242 e. The molecule has 4 nitrogen and oxygen atoms in total. The molecule has 2 atom stereocenters. The van der Waals surface area contributed by atoms with Crippen molar-refractivity contribution in [2.45, 2.75) is 48.8 Å². The second kappa shape index (κ2) is 11.5. The fourth-order valence-corrected chi connectivity index (χ4v) is 7.55. The first kappa shape index (κ1) is 26.1. The quantitative estimate of drug-likeness (QED) is 0.314. The van der Waals surface area contributed by atoms with Crippen LogP contribution in [0.25, 0.3) is 0 Å². The molecule has 1 aliphatic heterocycles. The number of likely N-dealkylation sites (N-methyl/N-ethyl adjacent to an activating group) is 1. The van der Waals surface area contributed by atoms with Gasteiger partial charge in [0.25, 0.3) is 0 Å². The highest BCUT2D eigenvalue weighted by atomic mass is 32.2. The fourth-order valence-electron chi connectivity index (χ4n) is 6.29. The average molecular weight is 517 g/mol.